The molecule has 0 aromatic heterocycles. The summed E-state index contributed by atoms with van der Waals surface area (Å²) in [6.07, 6.45) is -0.535. The van der Waals surface area contributed by atoms with Crippen molar-refractivity contribution in [3.63, 3.8) is 0 Å². The smallest absolute Gasteiger partial charge is 0.307 e. The highest BCUT2D eigenvalue weighted by Crippen LogP contribution is 2.40. The van der Waals surface area contributed by atoms with Gasteiger partial charge in [0.25, 0.3) is 0 Å². The Kier molecular flexibility index (Phi) is 5.36. The van der Waals surface area contributed by atoms with E-state index < -0.39 is 46.9 Å². The Balaban J connectivity index is 1.79. The Morgan fingerprint density at radius 1 is 0.968 bits per heavy atom. The Morgan fingerprint density at radius 2 is 1.65 bits per heavy atom. The van der Waals surface area contributed by atoms with Crippen LogP contribution >= 0.6 is 11.6 Å². The van der Waals surface area contributed by atoms with E-state index in [-0.39, 0.29) is 34.4 Å². The number of carboxylic acid groups (broad SMARTS) is 1. The number of hydrogen-bond donors (Lipinski definition) is 2. The van der Waals surface area contributed by atoms with Gasteiger partial charge < -0.3 is 19.9 Å². The second-order valence-corrected chi connectivity index (χ2v) is 7.01. The van der Waals surface area contributed by atoms with Crippen LogP contribution in [0.25, 0.3) is 11.1 Å². The molecule has 0 bridgehead atoms. The van der Waals surface area contributed by atoms with Crippen molar-refractivity contribution in [1.82, 2.24) is 0 Å². The summed E-state index contributed by atoms with van der Waals surface area (Å²) in [6.45, 7) is -0.0882. The second kappa shape index (κ2) is 7.99. The largest absolute Gasteiger partial charge is 0.481 e. The molecular weight excluding hydrogens is 442 g/mol. The van der Waals surface area contributed by atoms with Crippen molar-refractivity contribution in [3.05, 3.63) is 70.3 Å². The van der Waals surface area contributed by atoms with Gasteiger partial charge in [-0.2, -0.15) is 0 Å². The van der Waals surface area contributed by atoms with Crippen LogP contribution in [0.1, 0.15) is 5.56 Å². The Bertz CT molecular complexity index is 1190. The predicted octanol–water partition coefficient (Wildman–Crippen LogP) is 5.66. The maximum Gasteiger partial charge on any atom is 0.307 e. The number of hydrogen-bond acceptors (Lipinski definition) is 4. The van der Waals surface area contributed by atoms with Gasteiger partial charge in [-0.3, -0.25) is 4.79 Å². The molecule has 0 aliphatic carbocycles. The highest BCUT2D eigenvalue weighted by Gasteiger charge is 2.28. The zero-order chi connectivity index (χ0) is 22.3. The first-order chi connectivity index (χ1) is 14.8. The second-order valence-electron chi connectivity index (χ2n) is 6.57. The van der Waals surface area contributed by atoms with E-state index in [0.29, 0.717) is 5.75 Å². The molecule has 3 aromatic rings. The quantitative estimate of drug-likeness (QED) is 0.385. The molecular formula is C21H12ClF4NO4. The molecule has 0 saturated carbocycles. The van der Waals surface area contributed by atoms with Gasteiger partial charge in [0.15, 0.2) is 34.8 Å². The fraction of sp³-hybridized carbons (Fsp3) is 0.0952. The minimum atomic E-state index is -1.68. The predicted molar refractivity (Wildman–Crippen MR) is 104 cm³/mol. The normalized spacial score (nSPS) is 12.2. The van der Waals surface area contributed by atoms with Crippen molar-refractivity contribution < 1.29 is 36.9 Å². The Morgan fingerprint density at radius 3 is 2.32 bits per heavy atom. The lowest BCUT2D eigenvalue weighted by Crippen LogP contribution is -2.09. The zero-order valence-corrected chi connectivity index (χ0v) is 16.2. The van der Waals surface area contributed by atoms with Gasteiger partial charge in [0.05, 0.1) is 12.0 Å². The third-order valence-corrected chi connectivity index (χ3v) is 4.83. The van der Waals surface area contributed by atoms with Crippen LogP contribution in [0.2, 0.25) is 5.02 Å². The van der Waals surface area contributed by atoms with Crippen molar-refractivity contribution in [2.24, 2.45) is 0 Å². The zero-order valence-electron chi connectivity index (χ0n) is 15.4. The van der Waals surface area contributed by atoms with Gasteiger partial charge in [0, 0.05) is 10.7 Å². The number of halogens is 5. The maximum absolute atomic E-state index is 14.8. The van der Waals surface area contributed by atoms with Gasteiger partial charge in [-0.05, 0) is 41.5 Å². The minimum absolute atomic E-state index is 0.0689. The van der Waals surface area contributed by atoms with Crippen molar-refractivity contribution in [2.45, 2.75) is 6.42 Å². The number of nitrogens with one attached hydrogen (secondary N) is 1. The lowest BCUT2D eigenvalue weighted by atomic mass is 10.0. The summed E-state index contributed by atoms with van der Waals surface area (Å²) >= 11 is 5.84. The number of carboxylic acids is 1. The van der Waals surface area contributed by atoms with Crippen LogP contribution < -0.4 is 14.8 Å². The summed E-state index contributed by atoms with van der Waals surface area (Å²) in [6, 6.07) is 7.66. The summed E-state index contributed by atoms with van der Waals surface area (Å²) in [5, 5.41) is 11.4. The van der Waals surface area contributed by atoms with E-state index in [4.69, 9.17) is 26.2 Å². The molecule has 160 valence electrons. The van der Waals surface area contributed by atoms with Gasteiger partial charge in [-0.1, -0.05) is 17.7 Å². The van der Waals surface area contributed by atoms with Crippen LogP contribution in [0, 0.1) is 23.3 Å². The van der Waals surface area contributed by atoms with E-state index in [1.54, 1.807) is 0 Å². The molecule has 4 rings (SSSR count). The fourth-order valence-electron chi connectivity index (χ4n) is 3.18. The van der Waals surface area contributed by atoms with Crippen LogP contribution in [0.4, 0.5) is 28.9 Å². The number of fused-ring (bicyclic) bond motifs is 1. The van der Waals surface area contributed by atoms with E-state index in [9.17, 15) is 22.4 Å². The molecule has 0 fully saturated rings. The molecule has 2 N–H and O–H groups in total. The van der Waals surface area contributed by atoms with E-state index in [1.165, 1.54) is 36.4 Å². The summed E-state index contributed by atoms with van der Waals surface area (Å²) in [5.74, 6) is -7.34. The van der Waals surface area contributed by atoms with Crippen molar-refractivity contribution >= 4 is 28.9 Å². The first-order valence-corrected chi connectivity index (χ1v) is 9.17. The van der Waals surface area contributed by atoms with Gasteiger partial charge in [-0.15, -0.1) is 0 Å². The van der Waals surface area contributed by atoms with Gasteiger partial charge in [-0.25, -0.2) is 17.6 Å². The fourth-order valence-corrected chi connectivity index (χ4v) is 3.37. The summed E-state index contributed by atoms with van der Waals surface area (Å²) in [7, 11) is 0. The molecule has 0 saturated heterocycles. The molecule has 31 heavy (non-hydrogen) atoms. The summed E-state index contributed by atoms with van der Waals surface area (Å²) < 4.78 is 69.4. The first-order valence-electron chi connectivity index (χ1n) is 8.79. The monoisotopic (exact) mass is 453 g/mol. The van der Waals surface area contributed by atoms with Crippen LogP contribution in [0.15, 0.2) is 36.4 Å². The van der Waals surface area contributed by atoms with Crippen molar-refractivity contribution in [3.8, 4) is 22.6 Å². The number of carbonyl (C=O) groups is 1. The Labute approximate surface area is 177 Å². The molecule has 1 aliphatic rings. The number of benzene rings is 3. The third-order valence-electron chi connectivity index (χ3n) is 4.59. The maximum atomic E-state index is 14.8. The van der Waals surface area contributed by atoms with Gasteiger partial charge >= 0.3 is 5.97 Å². The highest BCUT2D eigenvalue weighted by molar-refractivity contribution is 6.30. The molecule has 5 nitrogen and oxygen atoms in total. The third kappa shape index (κ3) is 3.84. The minimum Gasteiger partial charge on any atom is -0.481 e. The van der Waals surface area contributed by atoms with E-state index in [2.05, 4.69) is 5.32 Å². The van der Waals surface area contributed by atoms with E-state index in [1.807, 2.05) is 0 Å². The van der Waals surface area contributed by atoms with Crippen LogP contribution in [-0.4, -0.2) is 17.9 Å². The van der Waals surface area contributed by atoms with Gasteiger partial charge in [0.1, 0.15) is 5.69 Å². The molecule has 0 radical (unpaired) electrons. The van der Waals surface area contributed by atoms with Crippen LogP contribution in [-0.2, 0) is 11.2 Å². The Hall–Kier alpha value is -3.46. The number of aliphatic carboxylic acids is 1. The van der Waals surface area contributed by atoms with E-state index >= 15 is 0 Å². The topological polar surface area (TPSA) is 67.8 Å². The molecule has 10 heteroatoms. The standard InChI is InChI=1S/C21H12ClF4NO4/c22-11-2-3-12(10(5-11)7-15(28)29)27-21-19(25)17(23)16(18(24)20(21)26)9-1-4-13-14(6-9)31-8-30-13/h1-6,27H,7-8H2,(H,28,29). The number of rotatable bonds is 5. The van der Waals surface area contributed by atoms with Crippen LogP contribution in [0.5, 0.6) is 11.5 Å². The van der Waals surface area contributed by atoms with Crippen molar-refractivity contribution in [1.29, 1.82) is 0 Å². The molecule has 0 spiro atoms. The van der Waals surface area contributed by atoms with Gasteiger partial charge in [0.2, 0.25) is 6.79 Å². The molecule has 1 aliphatic heterocycles. The summed E-state index contributed by atoms with van der Waals surface area (Å²) in [5.41, 5.74) is -2.17. The number of ether oxygens (including phenoxy) is 2. The molecule has 1 heterocycles. The van der Waals surface area contributed by atoms with Crippen molar-refractivity contribution in [2.75, 3.05) is 12.1 Å². The highest BCUT2D eigenvalue weighted by atomic mass is 35.5. The number of anilines is 2. The average Bonchev–Trinajstić information content (AvgIpc) is 3.19. The lowest BCUT2D eigenvalue weighted by Gasteiger charge is -2.16. The lowest BCUT2D eigenvalue weighted by molar-refractivity contribution is -0.136. The van der Waals surface area contributed by atoms with E-state index in [0.717, 1.165) is 0 Å². The van der Waals surface area contributed by atoms with Crippen LogP contribution in [0.3, 0.4) is 0 Å². The molecule has 0 amide bonds. The average molecular weight is 454 g/mol. The molecule has 0 unspecified atom stereocenters. The summed E-state index contributed by atoms with van der Waals surface area (Å²) in [4.78, 5) is 11.1. The molecule has 3 aromatic carbocycles. The SMILES string of the molecule is O=C(O)Cc1cc(Cl)ccc1Nc1c(F)c(F)c(-c2ccc3c(c2)OCO3)c(F)c1F. The molecule has 0 atom stereocenters. The first kappa shape index (κ1) is 20.8.